The topological polar surface area (TPSA) is 20.2 Å². The Bertz CT molecular complexity index is 316. The van der Waals surface area contributed by atoms with Gasteiger partial charge >= 0.3 is 0 Å². The average molecular weight is 252 g/mol. The van der Waals surface area contributed by atoms with Crippen molar-refractivity contribution in [1.82, 2.24) is 0 Å². The summed E-state index contributed by atoms with van der Waals surface area (Å²) in [6.45, 7) is 9.03. The van der Waals surface area contributed by atoms with Gasteiger partial charge in [-0.3, -0.25) is 0 Å². The third kappa shape index (κ3) is 5.13. The summed E-state index contributed by atoms with van der Waals surface area (Å²) in [5.74, 6) is 0.906. The van der Waals surface area contributed by atoms with E-state index in [4.69, 9.17) is 0 Å². The van der Waals surface area contributed by atoms with Crippen molar-refractivity contribution >= 4 is 11.8 Å². The molecule has 1 aromatic carbocycles. The van der Waals surface area contributed by atoms with Crippen molar-refractivity contribution in [1.29, 1.82) is 0 Å². The number of hydrogen-bond donors (Lipinski definition) is 1. The highest BCUT2D eigenvalue weighted by Gasteiger charge is 2.12. The lowest BCUT2D eigenvalue weighted by Crippen LogP contribution is -2.16. The normalized spacial score (nSPS) is 13.4. The summed E-state index contributed by atoms with van der Waals surface area (Å²) in [6.07, 6.45) is 0.973. The van der Waals surface area contributed by atoms with Crippen molar-refractivity contribution in [3.05, 3.63) is 29.8 Å². The summed E-state index contributed by atoms with van der Waals surface area (Å²) in [5.41, 5.74) is 1.32. The molecule has 0 aromatic heterocycles. The van der Waals surface area contributed by atoms with Crippen LogP contribution in [0.3, 0.4) is 0 Å². The van der Waals surface area contributed by atoms with Crippen LogP contribution in [-0.4, -0.2) is 17.0 Å². The molecule has 0 aliphatic rings. The lowest BCUT2D eigenvalue weighted by atomic mass is 9.90. The Balaban J connectivity index is 2.61. The summed E-state index contributed by atoms with van der Waals surface area (Å²) in [7, 11) is 0. The first-order chi connectivity index (χ1) is 8.02. The molecule has 0 aliphatic heterocycles. The molecule has 0 spiro atoms. The van der Waals surface area contributed by atoms with Gasteiger partial charge in [0.2, 0.25) is 0 Å². The van der Waals surface area contributed by atoms with Gasteiger partial charge in [-0.25, -0.2) is 0 Å². The fourth-order valence-electron chi connectivity index (χ4n) is 1.79. The lowest BCUT2D eigenvalue weighted by molar-refractivity contribution is 0.189. The molecule has 0 saturated heterocycles. The maximum Gasteiger partial charge on any atom is 0.0464 e. The van der Waals surface area contributed by atoms with E-state index in [1.54, 1.807) is 0 Å². The van der Waals surface area contributed by atoms with Crippen LogP contribution in [0.4, 0.5) is 0 Å². The van der Waals surface area contributed by atoms with Crippen molar-refractivity contribution in [2.75, 3.05) is 6.61 Å². The van der Waals surface area contributed by atoms with E-state index < -0.39 is 0 Å². The van der Waals surface area contributed by atoms with Gasteiger partial charge in [-0.15, -0.1) is 11.8 Å². The second kappa shape index (κ2) is 7.07. The molecule has 0 heterocycles. The molecule has 1 N–H and O–H groups in total. The third-order valence-electron chi connectivity index (χ3n) is 2.97. The predicted molar refractivity (Wildman–Crippen MR) is 76.6 cm³/mol. The Morgan fingerprint density at radius 2 is 1.65 bits per heavy atom. The molecule has 1 aromatic rings. The van der Waals surface area contributed by atoms with Crippen LogP contribution in [0.25, 0.3) is 0 Å². The van der Waals surface area contributed by atoms with Crippen LogP contribution in [0.1, 0.15) is 33.3 Å². The van der Waals surface area contributed by atoms with Gasteiger partial charge in [0.1, 0.15) is 0 Å². The molecule has 2 heteroatoms. The molecule has 1 rings (SSSR count). The summed E-state index contributed by atoms with van der Waals surface area (Å²) >= 11 is 1.89. The third-order valence-corrected chi connectivity index (χ3v) is 3.99. The van der Waals surface area contributed by atoms with E-state index in [1.165, 1.54) is 10.5 Å². The number of aliphatic hydroxyl groups is 1. The van der Waals surface area contributed by atoms with E-state index in [2.05, 4.69) is 52.0 Å². The van der Waals surface area contributed by atoms with E-state index in [9.17, 15) is 5.11 Å². The minimum absolute atomic E-state index is 0.278. The van der Waals surface area contributed by atoms with Crippen molar-refractivity contribution in [3.63, 3.8) is 0 Å². The fraction of sp³-hybridized carbons (Fsp3) is 0.600. The van der Waals surface area contributed by atoms with E-state index in [1.807, 2.05) is 11.8 Å². The zero-order valence-corrected chi connectivity index (χ0v) is 12.1. The molecular weight excluding hydrogens is 228 g/mol. The summed E-state index contributed by atoms with van der Waals surface area (Å²) in [6, 6.07) is 8.76. The Kier molecular flexibility index (Phi) is 6.07. The van der Waals surface area contributed by atoms with E-state index in [0.717, 1.165) is 6.42 Å². The molecule has 1 nitrogen and oxygen atoms in total. The molecule has 1 atom stereocenters. The van der Waals surface area contributed by atoms with Crippen LogP contribution < -0.4 is 0 Å². The van der Waals surface area contributed by atoms with Crippen LogP contribution in [0.15, 0.2) is 29.2 Å². The smallest absolute Gasteiger partial charge is 0.0464 e. The molecule has 96 valence electrons. The van der Waals surface area contributed by atoms with Crippen molar-refractivity contribution in [3.8, 4) is 0 Å². The van der Waals surface area contributed by atoms with E-state index in [-0.39, 0.29) is 6.61 Å². The van der Waals surface area contributed by atoms with Crippen LogP contribution in [0.2, 0.25) is 0 Å². The van der Waals surface area contributed by atoms with Gasteiger partial charge in [-0.05, 0) is 36.0 Å². The number of aliphatic hydroxyl groups excluding tert-OH is 1. The van der Waals surface area contributed by atoms with Crippen molar-refractivity contribution in [2.45, 2.75) is 44.3 Å². The fourth-order valence-corrected chi connectivity index (χ4v) is 2.63. The largest absolute Gasteiger partial charge is 0.396 e. The van der Waals surface area contributed by atoms with Gasteiger partial charge in [0.25, 0.3) is 0 Å². The highest BCUT2D eigenvalue weighted by atomic mass is 32.2. The molecule has 0 radical (unpaired) electrons. The minimum Gasteiger partial charge on any atom is -0.396 e. The molecule has 0 bridgehead atoms. The quantitative estimate of drug-likeness (QED) is 0.772. The van der Waals surface area contributed by atoms with Gasteiger partial charge < -0.3 is 5.11 Å². The van der Waals surface area contributed by atoms with Crippen LogP contribution in [0.5, 0.6) is 0 Å². The first kappa shape index (κ1) is 14.6. The summed E-state index contributed by atoms with van der Waals surface area (Å²) in [5, 5.41) is 9.95. The maximum atomic E-state index is 9.33. The molecular formula is C15H24OS. The maximum absolute atomic E-state index is 9.33. The highest BCUT2D eigenvalue weighted by molar-refractivity contribution is 7.99. The van der Waals surface area contributed by atoms with Crippen molar-refractivity contribution < 1.29 is 5.11 Å². The Hall–Kier alpha value is -0.470. The number of rotatable bonds is 6. The summed E-state index contributed by atoms with van der Waals surface area (Å²) < 4.78 is 0. The van der Waals surface area contributed by atoms with Gasteiger partial charge in [0.05, 0.1) is 0 Å². The average Bonchev–Trinajstić information content (AvgIpc) is 2.26. The van der Waals surface area contributed by atoms with Gasteiger partial charge in [-0.2, -0.15) is 0 Å². The predicted octanol–water partition coefficient (Wildman–Crippen LogP) is 3.99. The number of hydrogen-bond acceptors (Lipinski definition) is 2. The zero-order valence-electron chi connectivity index (χ0n) is 11.3. The molecule has 0 fully saturated rings. The monoisotopic (exact) mass is 252 g/mol. The lowest BCUT2D eigenvalue weighted by Gasteiger charge is -2.18. The molecule has 0 saturated carbocycles. The Morgan fingerprint density at radius 3 is 2.06 bits per heavy atom. The van der Waals surface area contributed by atoms with Crippen LogP contribution >= 0.6 is 11.8 Å². The van der Waals surface area contributed by atoms with E-state index >= 15 is 0 Å². The first-order valence-corrected chi connectivity index (χ1v) is 7.27. The van der Waals surface area contributed by atoms with Gasteiger partial charge in [-0.1, -0.05) is 39.8 Å². The summed E-state index contributed by atoms with van der Waals surface area (Å²) in [4.78, 5) is 1.33. The SMILES string of the molecule is CC(C)Sc1ccc(CC(CO)C(C)C)cc1. The molecule has 0 aliphatic carbocycles. The first-order valence-electron chi connectivity index (χ1n) is 6.39. The van der Waals surface area contributed by atoms with E-state index in [0.29, 0.717) is 17.1 Å². The number of thioether (sulfide) groups is 1. The standard InChI is InChI=1S/C15H24OS/c1-11(2)14(10-16)9-13-5-7-15(8-6-13)17-12(3)4/h5-8,11-12,14,16H,9-10H2,1-4H3. The molecule has 1 unspecified atom stereocenters. The van der Waals surface area contributed by atoms with Gasteiger partial charge in [0, 0.05) is 16.8 Å². The molecule has 17 heavy (non-hydrogen) atoms. The zero-order chi connectivity index (χ0) is 12.8. The van der Waals surface area contributed by atoms with Crippen LogP contribution in [-0.2, 0) is 6.42 Å². The van der Waals surface area contributed by atoms with Gasteiger partial charge in [0.15, 0.2) is 0 Å². The van der Waals surface area contributed by atoms with Crippen molar-refractivity contribution in [2.24, 2.45) is 11.8 Å². The minimum atomic E-state index is 0.278. The Labute approximate surface area is 110 Å². The second-order valence-electron chi connectivity index (χ2n) is 5.20. The number of benzene rings is 1. The molecule has 0 amide bonds. The second-order valence-corrected chi connectivity index (χ2v) is 6.85. The van der Waals surface area contributed by atoms with Crippen LogP contribution in [0, 0.1) is 11.8 Å². The highest BCUT2D eigenvalue weighted by Crippen LogP contribution is 2.24. The Morgan fingerprint density at radius 1 is 1.06 bits per heavy atom.